The largest absolute Gasteiger partial charge is 0.453 e. The van der Waals surface area contributed by atoms with Crippen LogP contribution < -0.4 is 0 Å². The first kappa shape index (κ1) is 7.74. The smallest absolute Gasteiger partial charge is 0.319 e. The van der Waals surface area contributed by atoms with Crippen molar-refractivity contribution in [2.45, 2.75) is 0 Å². The number of nitro groups is 1. The molecule has 0 aliphatic rings. The van der Waals surface area contributed by atoms with E-state index in [1.54, 1.807) is 0 Å². The molecule has 0 aliphatic carbocycles. The minimum absolute atomic E-state index is 0.412. The molecule has 0 bridgehead atoms. The second-order valence-electron chi connectivity index (χ2n) is 1.67. The maximum absolute atomic E-state index is 10.4. The second-order valence-corrected chi connectivity index (χ2v) is 2.01. The van der Waals surface area contributed by atoms with Crippen LogP contribution in [0.3, 0.4) is 0 Å². The summed E-state index contributed by atoms with van der Waals surface area (Å²) in [5.41, 5.74) is -0.412. The molecule has 0 N–H and O–H groups in total. The molecule has 0 saturated carbocycles. The quantitative estimate of drug-likeness (QED) is 0.388. The third kappa shape index (κ3) is 1.38. The van der Waals surface area contributed by atoms with E-state index in [4.69, 9.17) is 11.6 Å². The zero-order valence-corrected chi connectivity index (χ0v) is 5.87. The van der Waals surface area contributed by atoms with E-state index in [1.807, 2.05) is 0 Å². The van der Waals surface area contributed by atoms with E-state index >= 15 is 0 Å². The molecule has 0 radical (unpaired) electrons. The molecule has 1 rings (SSSR count). The van der Waals surface area contributed by atoms with Crippen LogP contribution in [0.4, 0.5) is 5.69 Å². The Morgan fingerprint density at radius 1 is 1.73 bits per heavy atom. The molecular formula is C5H2ClNO4. The average molecular weight is 176 g/mol. The summed E-state index contributed by atoms with van der Waals surface area (Å²) in [5, 5.41) is 9.15. The Kier molecular flexibility index (Phi) is 1.91. The van der Waals surface area contributed by atoms with Gasteiger partial charge in [0.1, 0.15) is 0 Å². The number of furan rings is 1. The Labute approximate surface area is 65.7 Å². The lowest BCUT2D eigenvalue weighted by molar-refractivity contribution is -0.385. The van der Waals surface area contributed by atoms with E-state index in [-0.39, 0.29) is 0 Å². The topological polar surface area (TPSA) is 73.3 Å². The van der Waals surface area contributed by atoms with Gasteiger partial charge in [-0.25, -0.2) is 0 Å². The summed E-state index contributed by atoms with van der Waals surface area (Å²) in [6, 6.07) is 1.07. The fourth-order valence-corrected chi connectivity index (χ4v) is 0.735. The van der Waals surface area contributed by atoms with Crippen LogP contribution in [-0.2, 0) is 0 Å². The number of carbonyl (C=O) groups is 1. The number of hydrogen-bond acceptors (Lipinski definition) is 4. The fourth-order valence-electron chi connectivity index (χ4n) is 0.593. The lowest BCUT2D eigenvalue weighted by Gasteiger charge is -1.85. The van der Waals surface area contributed by atoms with Gasteiger partial charge >= 0.3 is 5.69 Å². The van der Waals surface area contributed by atoms with Gasteiger partial charge in [0.25, 0.3) is 11.0 Å². The van der Waals surface area contributed by atoms with Gasteiger partial charge in [0, 0.05) is 0 Å². The van der Waals surface area contributed by atoms with Gasteiger partial charge in [-0.05, 0) is 11.6 Å². The van der Waals surface area contributed by atoms with Gasteiger partial charge in [-0.15, -0.1) is 0 Å². The lowest BCUT2D eigenvalue weighted by atomic mass is 10.4. The predicted octanol–water partition coefficient (Wildman–Crippen LogP) is 1.57. The standard InChI is InChI=1S/C5H2ClNO4/c6-5(8)4-3(7(9)10)1-2-11-4/h1-2H. The molecule has 11 heavy (non-hydrogen) atoms. The van der Waals surface area contributed by atoms with E-state index in [0.717, 1.165) is 12.3 Å². The highest BCUT2D eigenvalue weighted by Gasteiger charge is 2.21. The average Bonchev–Trinajstić information content (AvgIpc) is 2.32. The van der Waals surface area contributed by atoms with Gasteiger partial charge in [-0.1, -0.05) is 0 Å². The number of hydrogen-bond donors (Lipinski definition) is 0. The number of halogens is 1. The summed E-state index contributed by atoms with van der Waals surface area (Å²) >= 11 is 4.96. The van der Waals surface area contributed by atoms with Gasteiger partial charge in [0.2, 0.25) is 0 Å². The molecule has 1 aromatic rings. The molecule has 1 aromatic heterocycles. The van der Waals surface area contributed by atoms with Crippen molar-refractivity contribution < 1.29 is 14.1 Å². The minimum Gasteiger partial charge on any atom is -0.453 e. The van der Waals surface area contributed by atoms with E-state index in [0.29, 0.717) is 0 Å². The molecule has 6 heteroatoms. The third-order valence-electron chi connectivity index (χ3n) is 1.02. The van der Waals surface area contributed by atoms with Crippen molar-refractivity contribution in [3.8, 4) is 0 Å². The molecule has 0 saturated heterocycles. The molecule has 0 aliphatic heterocycles. The van der Waals surface area contributed by atoms with Crippen LogP contribution in [0.2, 0.25) is 0 Å². The first-order valence-electron chi connectivity index (χ1n) is 2.54. The SMILES string of the molecule is O=C(Cl)c1occc1[N+](=O)[O-]. The highest BCUT2D eigenvalue weighted by atomic mass is 35.5. The predicted molar refractivity (Wildman–Crippen MR) is 35.5 cm³/mol. The van der Waals surface area contributed by atoms with Gasteiger partial charge in [-0.3, -0.25) is 14.9 Å². The Morgan fingerprint density at radius 2 is 2.36 bits per heavy atom. The number of nitrogens with zero attached hydrogens (tertiary/aromatic N) is 1. The van der Waals surface area contributed by atoms with Crippen molar-refractivity contribution >= 4 is 22.5 Å². The van der Waals surface area contributed by atoms with Crippen molar-refractivity contribution in [1.82, 2.24) is 0 Å². The zero-order chi connectivity index (χ0) is 8.43. The molecule has 0 fully saturated rings. The van der Waals surface area contributed by atoms with Crippen molar-refractivity contribution in [3.05, 3.63) is 28.2 Å². The molecule has 1 heterocycles. The zero-order valence-electron chi connectivity index (χ0n) is 5.11. The summed E-state index contributed by atoms with van der Waals surface area (Å²) in [6.07, 6.45) is 1.04. The Morgan fingerprint density at radius 3 is 2.73 bits per heavy atom. The minimum atomic E-state index is -0.971. The summed E-state index contributed by atoms with van der Waals surface area (Å²) < 4.78 is 4.46. The molecule has 0 amide bonds. The van der Waals surface area contributed by atoms with Crippen LogP contribution in [-0.4, -0.2) is 10.2 Å². The lowest BCUT2D eigenvalue weighted by Crippen LogP contribution is -1.93. The Bertz CT molecular complexity index is 277. The summed E-state index contributed by atoms with van der Waals surface area (Å²) in [4.78, 5) is 19.8. The van der Waals surface area contributed by atoms with E-state index < -0.39 is 21.6 Å². The van der Waals surface area contributed by atoms with Gasteiger partial charge in [0.15, 0.2) is 0 Å². The summed E-state index contributed by atoms with van der Waals surface area (Å²) in [7, 11) is 0. The van der Waals surface area contributed by atoms with Crippen molar-refractivity contribution in [2.75, 3.05) is 0 Å². The van der Waals surface area contributed by atoms with Crippen LogP contribution in [0.1, 0.15) is 10.6 Å². The summed E-state index contributed by atoms with van der Waals surface area (Å²) in [5.74, 6) is -0.434. The maximum atomic E-state index is 10.4. The van der Waals surface area contributed by atoms with E-state index in [9.17, 15) is 14.9 Å². The highest BCUT2D eigenvalue weighted by molar-refractivity contribution is 6.67. The van der Waals surface area contributed by atoms with E-state index in [2.05, 4.69) is 4.42 Å². The Hall–Kier alpha value is -1.36. The van der Waals surface area contributed by atoms with Crippen molar-refractivity contribution in [1.29, 1.82) is 0 Å². The maximum Gasteiger partial charge on any atom is 0.319 e. The van der Waals surface area contributed by atoms with Crippen molar-refractivity contribution in [2.24, 2.45) is 0 Å². The molecule has 0 atom stereocenters. The molecule has 58 valence electrons. The number of rotatable bonds is 2. The third-order valence-corrected chi connectivity index (χ3v) is 1.19. The van der Waals surface area contributed by atoms with Crippen molar-refractivity contribution in [3.63, 3.8) is 0 Å². The van der Waals surface area contributed by atoms with Crippen LogP contribution >= 0.6 is 11.6 Å². The normalized spacial score (nSPS) is 9.55. The van der Waals surface area contributed by atoms with Gasteiger partial charge in [0.05, 0.1) is 17.3 Å². The van der Waals surface area contributed by atoms with Crippen LogP contribution in [0.25, 0.3) is 0 Å². The molecule has 0 aromatic carbocycles. The molecule has 0 unspecified atom stereocenters. The Balaban J connectivity index is 3.16. The van der Waals surface area contributed by atoms with Gasteiger partial charge in [-0.2, -0.15) is 0 Å². The first-order chi connectivity index (χ1) is 5.13. The second kappa shape index (κ2) is 2.71. The highest BCUT2D eigenvalue weighted by Crippen LogP contribution is 2.20. The fraction of sp³-hybridized carbons (Fsp3) is 0. The monoisotopic (exact) mass is 175 g/mol. The van der Waals surface area contributed by atoms with Crippen LogP contribution in [0.5, 0.6) is 0 Å². The molecule has 0 spiro atoms. The van der Waals surface area contributed by atoms with Gasteiger partial charge < -0.3 is 4.42 Å². The number of carbonyl (C=O) groups excluding carboxylic acids is 1. The summed E-state index contributed by atoms with van der Waals surface area (Å²) in [6.45, 7) is 0. The molecular weight excluding hydrogens is 174 g/mol. The molecule has 5 nitrogen and oxygen atoms in total. The van der Waals surface area contributed by atoms with Crippen LogP contribution in [0.15, 0.2) is 16.7 Å². The van der Waals surface area contributed by atoms with Crippen LogP contribution in [0, 0.1) is 10.1 Å². The first-order valence-corrected chi connectivity index (χ1v) is 2.92. The van der Waals surface area contributed by atoms with E-state index in [1.165, 1.54) is 0 Å².